The van der Waals surface area contributed by atoms with E-state index in [-0.39, 0.29) is 11.1 Å². The first kappa shape index (κ1) is 16.1. The highest BCUT2D eigenvalue weighted by Gasteiger charge is 2.24. The molecule has 0 saturated heterocycles. The van der Waals surface area contributed by atoms with Crippen molar-refractivity contribution in [2.75, 3.05) is 20.8 Å². The smallest absolute Gasteiger partial charge is 0.258 e. The monoisotopic (exact) mass is 290 g/mol. The fourth-order valence-corrected chi connectivity index (χ4v) is 3.24. The zero-order valence-corrected chi connectivity index (χ0v) is 12.4. The van der Waals surface area contributed by atoms with Crippen LogP contribution in [0.4, 0.5) is 0 Å². The molecule has 1 rings (SSSR count). The van der Waals surface area contributed by atoms with Gasteiger partial charge in [-0.2, -0.15) is 5.10 Å². The van der Waals surface area contributed by atoms with Gasteiger partial charge in [-0.1, -0.05) is 13.3 Å². The summed E-state index contributed by atoms with van der Waals surface area (Å²) in [7, 11) is -0.295. The zero-order valence-electron chi connectivity index (χ0n) is 11.6. The number of ether oxygens (including phenoxy) is 1. The van der Waals surface area contributed by atoms with E-state index < -0.39 is 10.0 Å². The fourth-order valence-electron chi connectivity index (χ4n) is 1.85. The third-order valence-electron chi connectivity index (χ3n) is 2.64. The number of aromatic nitrogens is 2. The van der Waals surface area contributed by atoms with E-state index in [1.54, 1.807) is 14.2 Å². The van der Waals surface area contributed by atoms with E-state index in [1.165, 1.54) is 6.20 Å². The first-order valence-electron chi connectivity index (χ1n) is 6.23. The first-order valence-corrected chi connectivity index (χ1v) is 7.71. The van der Waals surface area contributed by atoms with Crippen molar-refractivity contribution in [3.05, 3.63) is 11.8 Å². The Hall–Kier alpha value is -0.960. The Kier molecular flexibility index (Phi) is 6.43. The van der Waals surface area contributed by atoms with Crippen LogP contribution in [0.5, 0.6) is 0 Å². The average Bonchev–Trinajstić information content (AvgIpc) is 2.79. The number of methoxy groups -OCH3 is 1. The maximum atomic E-state index is 12.3. The maximum Gasteiger partial charge on any atom is 0.258 e. The lowest BCUT2D eigenvalue weighted by molar-refractivity contribution is 0.171. The van der Waals surface area contributed by atoms with Crippen molar-refractivity contribution in [2.45, 2.75) is 37.4 Å². The number of rotatable bonds is 9. The minimum absolute atomic E-state index is 0.110. The molecular weight excluding hydrogens is 268 g/mol. The Morgan fingerprint density at radius 2 is 2.26 bits per heavy atom. The molecule has 7 nitrogen and oxygen atoms in total. The molecule has 110 valence electrons. The van der Waals surface area contributed by atoms with Gasteiger partial charge < -0.3 is 10.1 Å². The summed E-state index contributed by atoms with van der Waals surface area (Å²) in [5.74, 6) is 0. The van der Waals surface area contributed by atoms with Crippen LogP contribution < -0.4 is 10.0 Å². The molecule has 0 amide bonds. The molecule has 0 aromatic carbocycles. The Morgan fingerprint density at radius 1 is 1.53 bits per heavy atom. The molecule has 0 fully saturated rings. The first-order chi connectivity index (χ1) is 9.05. The normalized spacial score (nSPS) is 13.6. The summed E-state index contributed by atoms with van der Waals surface area (Å²) in [6.45, 7) is 2.79. The summed E-state index contributed by atoms with van der Waals surface area (Å²) in [5.41, 5.74) is 0.614. The van der Waals surface area contributed by atoms with Crippen molar-refractivity contribution in [3.63, 3.8) is 0 Å². The van der Waals surface area contributed by atoms with Gasteiger partial charge in [0.05, 0.1) is 12.8 Å². The van der Waals surface area contributed by atoms with Gasteiger partial charge in [-0.05, 0) is 13.5 Å². The number of nitrogens with zero attached hydrogens (tertiary/aromatic N) is 1. The third-order valence-corrected chi connectivity index (χ3v) is 4.18. The maximum absolute atomic E-state index is 12.3. The summed E-state index contributed by atoms with van der Waals surface area (Å²) < 4.78 is 32.2. The number of hydrogen-bond donors (Lipinski definition) is 3. The predicted octanol–water partition coefficient (Wildman–Crippen LogP) is 0.223. The molecule has 0 radical (unpaired) electrons. The van der Waals surface area contributed by atoms with Crippen LogP contribution in [-0.4, -0.2) is 45.4 Å². The van der Waals surface area contributed by atoms with Crippen LogP contribution >= 0.6 is 0 Å². The van der Waals surface area contributed by atoms with Crippen molar-refractivity contribution in [2.24, 2.45) is 0 Å². The predicted molar refractivity (Wildman–Crippen MR) is 72.2 cm³/mol. The van der Waals surface area contributed by atoms with Gasteiger partial charge in [-0.15, -0.1) is 0 Å². The Balaban J connectivity index is 2.86. The molecule has 1 unspecified atom stereocenters. The quantitative estimate of drug-likeness (QED) is 0.605. The van der Waals surface area contributed by atoms with Gasteiger partial charge in [0.15, 0.2) is 5.03 Å². The van der Waals surface area contributed by atoms with Crippen LogP contribution in [0.15, 0.2) is 11.2 Å². The molecule has 1 aromatic heterocycles. The lowest BCUT2D eigenvalue weighted by Gasteiger charge is -2.17. The highest BCUT2D eigenvalue weighted by Crippen LogP contribution is 2.13. The van der Waals surface area contributed by atoms with Crippen LogP contribution in [0.25, 0.3) is 0 Å². The van der Waals surface area contributed by atoms with E-state index in [0.29, 0.717) is 18.7 Å². The van der Waals surface area contributed by atoms with E-state index in [2.05, 4.69) is 20.2 Å². The van der Waals surface area contributed by atoms with Crippen molar-refractivity contribution in [1.82, 2.24) is 20.2 Å². The van der Waals surface area contributed by atoms with Crippen molar-refractivity contribution in [1.29, 1.82) is 0 Å². The van der Waals surface area contributed by atoms with Gasteiger partial charge >= 0.3 is 0 Å². The molecule has 0 aliphatic rings. The van der Waals surface area contributed by atoms with E-state index in [1.807, 2.05) is 6.92 Å². The third kappa shape index (κ3) is 4.57. The summed E-state index contributed by atoms with van der Waals surface area (Å²) in [6, 6.07) is -0.231. The van der Waals surface area contributed by atoms with Crippen LogP contribution in [0.1, 0.15) is 25.3 Å². The lowest BCUT2D eigenvalue weighted by atomic mass is 10.2. The van der Waals surface area contributed by atoms with Gasteiger partial charge in [-0.25, -0.2) is 13.1 Å². The second-order valence-electron chi connectivity index (χ2n) is 4.32. The molecule has 1 atom stereocenters. The van der Waals surface area contributed by atoms with Crippen LogP contribution in [0.2, 0.25) is 0 Å². The van der Waals surface area contributed by atoms with Crippen LogP contribution in [-0.2, 0) is 21.3 Å². The number of sulfonamides is 1. The molecule has 1 aromatic rings. The molecule has 0 spiro atoms. The second kappa shape index (κ2) is 7.59. The standard InChI is InChI=1S/C11H22N4O3S/c1-4-5-10(8-18-3)15-19(16,17)11-9(6-12-2)7-13-14-11/h7,10,12,15H,4-6,8H2,1-3H3,(H,13,14). The van der Waals surface area contributed by atoms with Gasteiger partial charge in [-0.3, -0.25) is 5.10 Å². The minimum Gasteiger partial charge on any atom is -0.383 e. The van der Waals surface area contributed by atoms with Gasteiger partial charge in [0, 0.05) is 25.3 Å². The Morgan fingerprint density at radius 3 is 2.84 bits per heavy atom. The van der Waals surface area contributed by atoms with Crippen molar-refractivity contribution in [3.8, 4) is 0 Å². The molecule has 0 saturated carbocycles. The molecule has 8 heteroatoms. The number of hydrogen-bond acceptors (Lipinski definition) is 5. The molecular formula is C11H22N4O3S. The van der Waals surface area contributed by atoms with E-state index in [4.69, 9.17) is 4.74 Å². The molecule has 0 bridgehead atoms. The number of H-pyrrole nitrogens is 1. The summed E-state index contributed by atoms with van der Waals surface area (Å²) in [5, 5.41) is 9.35. The van der Waals surface area contributed by atoms with Crippen molar-refractivity contribution < 1.29 is 13.2 Å². The molecule has 3 N–H and O–H groups in total. The summed E-state index contributed by atoms with van der Waals surface area (Å²) in [4.78, 5) is 0. The largest absolute Gasteiger partial charge is 0.383 e. The van der Waals surface area contributed by atoms with E-state index in [0.717, 1.165) is 12.8 Å². The summed E-state index contributed by atoms with van der Waals surface area (Å²) in [6.07, 6.45) is 3.11. The Bertz CT molecular complexity index is 466. The van der Waals surface area contributed by atoms with Crippen LogP contribution in [0.3, 0.4) is 0 Å². The fraction of sp³-hybridized carbons (Fsp3) is 0.727. The highest BCUT2D eigenvalue weighted by atomic mass is 32.2. The van der Waals surface area contributed by atoms with Gasteiger partial charge in [0.2, 0.25) is 0 Å². The summed E-state index contributed by atoms with van der Waals surface area (Å²) >= 11 is 0. The SMILES string of the molecule is CCCC(COC)NS(=O)(=O)c1[nH]ncc1CNC. The highest BCUT2D eigenvalue weighted by molar-refractivity contribution is 7.89. The van der Waals surface area contributed by atoms with E-state index >= 15 is 0 Å². The molecule has 0 aliphatic carbocycles. The average molecular weight is 290 g/mol. The molecule has 19 heavy (non-hydrogen) atoms. The van der Waals surface area contributed by atoms with Crippen LogP contribution in [0, 0.1) is 0 Å². The topological polar surface area (TPSA) is 96.1 Å². The molecule has 1 heterocycles. The number of aromatic amines is 1. The van der Waals surface area contributed by atoms with E-state index in [9.17, 15) is 8.42 Å². The minimum atomic E-state index is -3.60. The number of nitrogens with one attached hydrogen (secondary N) is 3. The van der Waals surface area contributed by atoms with Gasteiger partial charge in [0.1, 0.15) is 0 Å². The zero-order chi connectivity index (χ0) is 14.3. The Labute approximate surface area is 114 Å². The molecule has 0 aliphatic heterocycles. The second-order valence-corrected chi connectivity index (χ2v) is 5.97. The van der Waals surface area contributed by atoms with Gasteiger partial charge in [0.25, 0.3) is 10.0 Å². The lowest BCUT2D eigenvalue weighted by Crippen LogP contribution is -2.38. The van der Waals surface area contributed by atoms with Crippen molar-refractivity contribution >= 4 is 10.0 Å².